The molecule has 0 amide bonds. The molecule has 0 bridgehead atoms. The number of halogens is 4. The van der Waals surface area contributed by atoms with Crippen LogP contribution in [-0.2, 0) is 23.9 Å². The summed E-state index contributed by atoms with van der Waals surface area (Å²) in [7, 11) is 0. The quantitative estimate of drug-likeness (QED) is 0.314. The summed E-state index contributed by atoms with van der Waals surface area (Å²) in [6.45, 7) is 7.48. The van der Waals surface area contributed by atoms with E-state index in [-0.39, 0.29) is 28.5 Å². The van der Waals surface area contributed by atoms with Gasteiger partial charge in [0.1, 0.15) is 22.6 Å². The highest BCUT2D eigenvalue weighted by molar-refractivity contribution is 7.12. The molecule has 5 rings (SSSR count). The predicted octanol–water partition coefficient (Wildman–Crippen LogP) is 5.28. The number of carbonyl (C=O) groups excluding carboxylic acids is 1. The smallest absolute Gasteiger partial charge is 0.416 e. The second-order valence-corrected chi connectivity index (χ2v) is 12.6. The molecule has 0 aliphatic carbocycles. The minimum absolute atomic E-state index is 0.0379. The number of carbonyl (C=O) groups is 2. The number of alkyl halides is 3. The van der Waals surface area contributed by atoms with Crippen LogP contribution in [0.25, 0.3) is 11.3 Å². The van der Waals surface area contributed by atoms with E-state index < -0.39 is 23.8 Å². The number of piperazine rings is 1. The van der Waals surface area contributed by atoms with Crippen molar-refractivity contribution in [2.24, 2.45) is 0 Å². The van der Waals surface area contributed by atoms with Crippen LogP contribution in [0.4, 0.5) is 19.0 Å². The van der Waals surface area contributed by atoms with Gasteiger partial charge in [0.25, 0.3) is 0 Å². The van der Waals surface area contributed by atoms with Gasteiger partial charge in [0.15, 0.2) is 5.78 Å². The monoisotopic (exact) mass is 636 g/mol. The zero-order chi connectivity index (χ0) is 30.9. The molecular formula is C29H32ClF3N6O3S. The van der Waals surface area contributed by atoms with Crippen molar-refractivity contribution in [3.05, 3.63) is 56.8 Å². The lowest BCUT2D eigenvalue weighted by atomic mass is 10.1. The molecule has 1 aromatic carbocycles. The van der Waals surface area contributed by atoms with Crippen LogP contribution < -0.4 is 4.90 Å². The number of hydrogen-bond donors (Lipinski definition) is 1. The number of hydrogen-bond acceptors (Lipinski definition) is 9. The van der Waals surface area contributed by atoms with Gasteiger partial charge in [-0.2, -0.15) is 13.2 Å². The van der Waals surface area contributed by atoms with Gasteiger partial charge in [-0.25, -0.2) is 15.0 Å². The highest BCUT2D eigenvalue weighted by Crippen LogP contribution is 2.38. The molecule has 0 saturated carbocycles. The summed E-state index contributed by atoms with van der Waals surface area (Å²) in [5, 5.41) is 9.68. The van der Waals surface area contributed by atoms with E-state index in [4.69, 9.17) is 11.6 Å². The van der Waals surface area contributed by atoms with Crippen LogP contribution in [0.3, 0.4) is 0 Å². The summed E-state index contributed by atoms with van der Waals surface area (Å²) in [5.41, 5.74) is -0.0268. The van der Waals surface area contributed by atoms with Gasteiger partial charge in [-0.05, 0) is 51.4 Å². The Bertz CT molecular complexity index is 1480. The van der Waals surface area contributed by atoms with Crippen LogP contribution in [0.5, 0.6) is 0 Å². The third-order valence-electron chi connectivity index (χ3n) is 8.06. The molecule has 0 spiro atoms. The lowest BCUT2D eigenvalue weighted by Gasteiger charge is -2.36. The van der Waals surface area contributed by atoms with Crippen LogP contribution in [0, 0.1) is 0 Å². The summed E-state index contributed by atoms with van der Waals surface area (Å²) in [6, 6.07) is 3.19. The van der Waals surface area contributed by atoms with Crippen molar-refractivity contribution in [3.63, 3.8) is 0 Å². The van der Waals surface area contributed by atoms with Crippen LogP contribution in [0.1, 0.15) is 52.6 Å². The van der Waals surface area contributed by atoms with Crippen LogP contribution in [-0.4, -0.2) is 86.4 Å². The number of nitrogens with zero attached hydrogens (tertiary/aromatic N) is 6. The number of anilines is 1. The standard InChI is InChI=1S/C29H32ClF3N6O3S/c1-17-4-3-5-39(17)16-24-27(19-10-20(29(31,32)33)12-21(30)11-19)36-26(43-24)13-23(40)22-14-35-25(15-34-22)38-8-6-37(7-9-38)18(2)28(41)42/h10-12,14-15,17-18H,3-9,13,16H2,1-2H3,(H,41,42)/t17-,18?/m1/s1. The first-order valence-electron chi connectivity index (χ1n) is 14.1. The van der Waals surface area contributed by atoms with Crippen molar-refractivity contribution in [2.45, 2.75) is 57.9 Å². The molecule has 2 atom stereocenters. The molecule has 2 fully saturated rings. The van der Waals surface area contributed by atoms with Crippen molar-refractivity contribution in [1.29, 1.82) is 0 Å². The first-order chi connectivity index (χ1) is 20.4. The summed E-state index contributed by atoms with van der Waals surface area (Å²) in [5.74, 6) is -0.568. The third-order valence-corrected chi connectivity index (χ3v) is 9.31. The second kappa shape index (κ2) is 12.8. The molecule has 2 aromatic heterocycles. The Morgan fingerprint density at radius 2 is 1.86 bits per heavy atom. The number of thiazole rings is 1. The minimum Gasteiger partial charge on any atom is -0.480 e. The molecule has 2 aliphatic heterocycles. The topological polar surface area (TPSA) is 103 Å². The lowest BCUT2D eigenvalue weighted by molar-refractivity contribution is -0.142. The molecule has 1 unspecified atom stereocenters. The lowest BCUT2D eigenvalue weighted by Crippen LogP contribution is -2.52. The van der Waals surface area contributed by atoms with E-state index in [9.17, 15) is 27.9 Å². The first kappa shape index (κ1) is 31.3. The number of Topliss-reactive ketones (excluding diaryl/α,β-unsaturated/α-hetero) is 1. The molecular weight excluding hydrogens is 605 g/mol. The number of rotatable bonds is 9. The summed E-state index contributed by atoms with van der Waals surface area (Å²) >= 11 is 7.41. The average Bonchev–Trinajstić information content (AvgIpc) is 3.57. The Hall–Kier alpha value is -3.13. The van der Waals surface area contributed by atoms with Gasteiger partial charge >= 0.3 is 12.1 Å². The molecule has 1 N–H and O–H groups in total. The maximum Gasteiger partial charge on any atom is 0.416 e. The van der Waals surface area contributed by atoms with Gasteiger partial charge < -0.3 is 10.0 Å². The highest BCUT2D eigenvalue weighted by Gasteiger charge is 2.32. The molecule has 2 saturated heterocycles. The zero-order valence-electron chi connectivity index (χ0n) is 23.8. The molecule has 230 valence electrons. The fourth-order valence-electron chi connectivity index (χ4n) is 5.46. The number of benzene rings is 1. The van der Waals surface area contributed by atoms with Gasteiger partial charge in [0.05, 0.1) is 30.1 Å². The van der Waals surface area contributed by atoms with E-state index in [1.165, 1.54) is 29.8 Å². The van der Waals surface area contributed by atoms with Crippen molar-refractivity contribution >= 4 is 40.5 Å². The zero-order valence-corrected chi connectivity index (χ0v) is 25.3. The van der Waals surface area contributed by atoms with Crippen LogP contribution >= 0.6 is 22.9 Å². The van der Waals surface area contributed by atoms with Crippen molar-refractivity contribution < 1.29 is 27.9 Å². The number of carboxylic acids is 1. The van der Waals surface area contributed by atoms with Crippen molar-refractivity contribution in [1.82, 2.24) is 24.8 Å². The molecule has 9 nitrogen and oxygen atoms in total. The number of aliphatic carboxylic acids is 1. The number of carboxylic acid groups (broad SMARTS) is 1. The fraction of sp³-hybridized carbons (Fsp3) is 0.483. The van der Waals surface area contributed by atoms with E-state index in [0.29, 0.717) is 55.3 Å². The van der Waals surface area contributed by atoms with Gasteiger partial charge in [-0.15, -0.1) is 11.3 Å². The fourth-order valence-corrected chi connectivity index (χ4v) is 6.81. The van der Waals surface area contributed by atoms with E-state index >= 15 is 0 Å². The Morgan fingerprint density at radius 1 is 1.12 bits per heavy atom. The molecule has 43 heavy (non-hydrogen) atoms. The molecule has 2 aliphatic rings. The number of aromatic nitrogens is 3. The molecule has 14 heteroatoms. The predicted molar refractivity (Wildman–Crippen MR) is 158 cm³/mol. The van der Waals surface area contributed by atoms with Crippen molar-refractivity contribution in [3.8, 4) is 11.3 Å². The maximum atomic E-state index is 13.6. The van der Waals surface area contributed by atoms with E-state index in [0.717, 1.165) is 36.4 Å². The van der Waals surface area contributed by atoms with Gasteiger partial charge in [0, 0.05) is 54.2 Å². The number of ketones is 1. The van der Waals surface area contributed by atoms with Gasteiger partial charge in [0.2, 0.25) is 0 Å². The van der Waals surface area contributed by atoms with E-state index in [2.05, 4.69) is 26.8 Å². The Labute approximate surface area is 256 Å². The summed E-state index contributed by atoms with van der Waals surface area (Å²) in [6.07, 6.45) is 0.398. The van der Waals surface area contributed by atoms with E-state index in [1.807, 2.05) is 9.80 Å². The largest absolute Gasteiger partial charge is 0.480 e. The normalized spacial score (nSPS) is 19.1. The highest BCUT2D eigenvalue weighted by atomic mass is 35.5. The summed E-state index contributed by atoms with van der Waals surface area (Å²) in [4.78, 5) is 44.8. The minimum atomic E-state index is -4.56. The average molecular weight is 637 g/mol. The Balaban J connectivity index is 1.33. The molecule has 3 aromatic rings. The van der Waals surface area contributed by atoms with Gasteiger partial charge in [-0.3, -0.25) is 19.4 Å². The Morgan fingerprint density at radius 3 is 2.47 bits per heavy atom. The van der Waals surface area contributed by atoms with Crippen molar-refractivity contribution in [2.75, 3.05) is 37.6 Å². The summed E-state index contributed by atoms with van der Waals surface area (Å²) < 4.78 is 40.7. The number of likely N-dealkylation sites (tertiary alicyclic amines) is 1. The second-order valence-electron chi connectivity index (χ2n) is 11.0. The SMILES string of the molecule is CC(C(=O)O)N1CCN(c2cnc(C(=O)Cc3nc(-c4cc(Cl)cc(C(F)(F)F)c4)c(CN4CCC[C@H]4C)s3)cn2)CC1. The Kier molecular flexibility index (Phi) is 9.35. The van der Waals surface area contributed by atoms with Crippen LogP contribution in [0.15, 0.2) is 30.6 Å². The van der Waals surface area contributed by atoms with Crippen LogP contribution in [0.2, 0.25) is 5.02 Å². The first-order valence-corrected chi connectivity index (χ1v) is 15.3. The molecule has 4 heterocycles. The van der Waals surface area contributed by atoms with E-state index in [1.54, 1.807) is 6.92 Å². The molecule has 0 radical (unpaired) electrons. The maximum absolute atomic E-state index is 13.6. The van der Waals surface area contributed by atoms with Gasteiger partial charge in [-0.1, -0.05) is 11.6 Å². The third kappa shape index (κ3) is 7.34.